The highest BCUT2D eigenvalue weighted by Gasteiger charge is 2.12. The molecule has 5 heteroatoms. The van der Waals surface area contributed by atoms with Crippen LogP contribution in [0.3, 0.4) is 0 Å². The van der Waals surface area contributed by atoms with Gasteiger partial charge in [-0.05, 0) is 24.3 Å². The summed E-state index contributed by atoms with van der Waals surface area (Å²) in [4.78, 5) is 16.8. The third kappa shape index (κ3) is 1.53. The molecule has 4 aromatic rings. The molecular weight excluding hydrogens is 252 g/mol. The van der Waals surface area contributed by atoms with E-state index >= 15 is 0 Å². The molecule has 20 heavy (non-hydrogen) atoms. The number of aromatic amines is 1. The minimum atomic E-state index is -0.102. The number of fused-ring (bicyclic) bond motifs is 2. The van der Waals surface area contributed by atoms with Crippen LogP contribution in [0.15, 0.2) is 55.0 Å². The third-order valence-electron chi connectivity index (χ3n) is 3.36. The molecule has 96 valence electrons. The van der Waals surface area contributed by atoms with Crippen LogP contribution in [-0.2, 0) is 0 Å². The van der Waals surface area contributed by atoms with Crippen LogP contribution in [-0.4, -0.2) is 25.7 Å². The van der Waals surface area contributed by atoms with E-state index in [1.807, 2.05) is 30.3 Å². The van der Waals surface area contributed by atoms with Gasteiger partial charge in [0.05, 0.1) is 22.7 Å². The predicted octanol–water partition coefficient (Wildman–Crippen LogP) is 2.60. The summed E-state index contributed by atoms with van der Waals surface area (Å²) < 4.78 is 1.56. The van der Waals surface area contributed by atoms with Crippen molar-refractivity contribution in [3.8, 4) is 0 Å². The Morgan fingerprint density at radius 3 is 3.00 bits per heavy atom. The topological polar surface area (TPSA) is 63.6 Å². The molecule has 2 aromatic carbocycles. The van der Waals surface area contributed by atoms with Crippen molar-refractivity contribution in [1.29, 1.82) is 0 Å². The van der Waals surface area contributed by atoms with Gasteiger partial charge >= 0.3 is 0 Å². The normalized spacial score (nSPS) is 11.2. The van der Waals surface area contributed by atoms with Crippen molar-refractivity contribution in [2.75, 3.05) is 0 Å². The fourth-order valence-electron chi connectivity index (χ4n) is 2.33. The molecule has 0 bridgehead atoms. The molecule has 0 unspecified atom stereocenters. The number of carbonyl (C=O) groups excluding carboxylic acids is 1. The molecule has 4 rings (SSSR count). The molecule has 0 aliphatic rings. The van der Waals surface area contributed by atoms with Gasteiger partial charge in [0.2, 0.25) is 0 Å². The number of H-pyrrole nitrogens is 1. The lowest BCUT2D eigenvalue weighted by Crippen LogP contribution is -2.10. The lowest BCUT2D eigenvalue weighted by Gasteiger charge is -2.03. The zero-order chi connectivity index (χ0) is 13.5. The van der Waals surface area contributed by atoms with Crippen molar-refractivity contribution < 1.29 is 4.79 Å². The largest absolute Gasteiger partial charge is 0.278 e. The predicted molar refractivity (Wildman–Crippen MR) is 75.6 cm³/mol. The van der Waals surface area contributed by atoms with Gasteiger partial charge in [-0.15, -0.1) is 0 Å². The van der Waals surface area contributed by atoms with Gasteiger partial charge in [-0.25, -0.2) is 4.98 Å². The number of aromatic nitrogens is 4. The highest BCUT2D eigenvalue weighted by Crippen LogP contribution is 2.17. The summed E-state index contributed by atoms with van der Waals surface area (Å²) >= 11 is 0. The minimum absolute atomic E-state index is 0.102. The molecule has 0 spiro atoms. The number of hydrogen-bond donors (Lipinski definition) is 1. The molecule has 0 radical (unpaired) electrons. The first kappa shape index (κ1) is 10.9. The average molecular weight is 262 g/mol. The van der Waals surface area contributed by atoms with E-state index in [4.69, 9.17) is 0 Å². The van der Waals surface area contributed by atoms with E-state index < -0.39 is 0 Å². The smallest absolute Gasteiger partial charge is 0.263 e. The van der Waals surface area contributed by atoms with Crippen molar-refractivity contribution in [1.82, 2.24) is 19.7 Å². The molecule has 2 heterocycles. The van der Waals surface area contributed by atoms with Crippen LogP contribution in [0, 0.1) is 0 Å². The zero-order valence-corrected chi connectivity index (χ0v) is 10.4. The number of nitrogens with one attached hydrogen (secondary N) is 1. The molecule has 0 aliphatic carbocycles. The van der Waals surface area contributed by atoms with E-state index in [2.05, 4.69) is 15.2 Å². The van der Waals surface area contributed by atoms with Crippen molar-refractivity contribution in [2.24, 2.45) is 0 Å². The van der Waals surface area contributed by atoms with Crippen molar-refractivity contribution >= 4 is 27.8 Å². The van der Waals surface area contributed by atoms with Crippen LogP contribution in [0.5, 0.6) is 0 Å². The molecule has 2 aromatic heterocycles. The molecular formula is C15H10N4O. The maximum absolute atomic E-state index is 12.6. The van der Waals surface area contributed by atoms with Gasteiger partial charge in [-0.2, -0.15) is 5.10 Å². The first-order valence-corrected chi connectivity index (χ1v) is 6.23. The van der Waals surface area contributed by atoms with Gasteiger partial charge in [-0.3, -0.25) is 14.5 Å². The summed E-state index contributed by atoms with van der Waals surface area (Å²) in [6.07, 6.45) is 3.29. The zero-order valence-electron chi connectivity index (χ0n) is 10.4. The molecule has 0 saturated heterocycles. The maximum Gasteiger partial charge on any atom is 0.263 e. The van der Waals surface area contributed by atoms with Crippen LogP contribution in [0.4, 0.5) is 0 Å². The van der Waals surface area contributed by atoms with E-state index in [-0.39, 0.29) is 5.91 Å². The summed E-state index contributed by atoms with van der Waals surface area (Å²) in [5.41, 5.74) is 3.07. The molecule has 5 nitrogen and oxygen atoms in total. The number of para-hydroxylation sites is 2. The average Bonchev–Trinajstić information content (AvgIpc) is 3.12. The van der Waals surface area contributed by atoms with Crippen LogP contribution < -0.4 is 0 Å². The summed E-state index contributed by atoms with van der Waals surface area (Å²) in [5.74, 6) is -0.102. The highest BCUT2D eigenvalue weighted by atomic mass is 16.2. The number of hydrogen-bond acceptors (Lipinski definition) is 3. The molecule has 0 amide bonds. The molecule has 1 N–H and O–H groups in total. The van der Waals surface area contributed by atoms with Crippen molar-refractivity contribution in [3.05, 3.63) is 60.6 Å². The Kier molecular flexibility index (Phi) is 2.20. The molecule has 0 fully saturated rings. The molecule has 0 atom stereocenters. The van der Waals surface area contributed by atoms with Gasteiger partial charge in [0.1, 0.15) is 6.33 Å². The van der Waals surface area contributed by atoms with Gasteiger partial charge in [0, 0.05) is 10.9 Å². The van der Waals surface area contributed by atoms with Crippen molar-refractivity contribution in [2.45, 2.75) is 0 Å². The van der Waals surface area contributed by atoms with E-state index in [0.29, 0.717) is 5.56 Å². The number of carbonyl (C=O) groups is 1. The first-order valence-electron chi connectivity index (χ1n) is 6.23. The summed E-state index contributed by atoms with van der Waals surface area (Å²) in [7, 11) is 0. The molecule has 0 saturated carbocycles. The SMILES string of the molecule is O=C(c1ccc2cn[nH]c2c1)n1cnc2ccccc21. The number of benzene rings is 2. The van der Waals surface area contributed by atoms with Gasteiger partial charge in [0.25, 0.3) is 5.91 Å². The number of rotatable bonds is 1. The second-order valence-corrected chi connectivity index (χ2v) is 4.58. The van der Waals surface area contributed by atoms with E-state index in [1.54, 1.807) is 29.2 Å². The number of nitrogens with zero attached hydrogens (tertiary/aromatic N) is 3. The second-order valence-electron chi connectivity index (χ2n) is 4.58. The Hall–Kier alpha value is -2.95. The summed E-state index contributed by atoms with van der Waals surface area (Å²) in [6, 6.07) is 13.1. The monoisotopic (exact) mass is 262 g/mol. The highest BCUT2D eigenvalue weighted by molar-refractivity contribution is 6.03. The van der Waals surface area contributed by atoms with E-state index in [0.717, 1.165) is 21.9 Å². The summed E-state index contributed by atoms with van der Waals surface area (Å²) in [6.45, 7) is 0. The molecule has 0 aliphatic heterocycles. The Labute approximate surface area is 113 Å². The van der Waals surface area contributed by atoms with Crippen LogP contribution >= 0.6 is 0 Å². The lowest BCUT2D eigenvalue weighted by atomic mass is 10.1. The lowest BCUT2D eigenvalue weighted by molar-refractivity contribution is 0.0964. The van der Waals surface area contributed by atoms with E-state index in [1.165, 1.54) is 0 Å². The fraction of sp³-hybridized carbons (Fsp3) is 0. The van der Waals surface area contributed by atoms with Crippen LogP contribution in [0.1, 0.15) is 10.4 Å². The van der Waals surface area contributed by atoms with Gasteiger partial charge < -0.3 is 0 Å². The summed E-state index contributed by atoms with van der Waals surface area (Å²) in [5, 5.41) is 7.81. The Morgan fingerprint density at radius 2 is 2.05 bits per heavy atom. The Morgan fingerprint density at radius 1 is 1.15 bits per heavy atom. The third-order valence-corrected chi connectivity index (χ3v) is 3.36. The maximum atomic E-state index is 12.6. The quantitative estimate of drug-likeness (QED) is 0.573. The standard InChI is InChI=1S/C15H10N4O/c20-15(10-5-6-11-8-17-18-13(11)7-10)19-9-16-12-3-1-2-4-14(12)19/h1-9H,(H,17,18). The minimum Gasteiger partial charge on any atom is -0.278 e. The van der Waals surface area contributed by atoms with Crippen molar-refractivity contribution in [3.63, 3.8) is 0 Å². The van der Waals surface area contributed by atoms with Gasteiger partial charge in [0.15, 0.2) is 0 Å². The number of imidazole rings is 1. The second kappa shape index (κ2) is 4.03. The Balaban J connectivity index is 1.86. The Bertz CT molecular complexity index is 935. The van der Waals surface area contributed by atoms with Crippen LogP contribution in [0.2, 0.25) is 0 Å². The first-order chi connectivity index (χ1) is 9.83. The van der Waals surface area contributed by atoms with E-state index in [9.17, 15) is 4.79 Å². The fourth-order valence-corrected chi connectivity index (χ4v) is 2.33. The van der Waals surface area contributed by atoms with Gasteiger partial charge in [-0.1, -0.05) is 18.2 Å². The van der Waals surface area contributed by atoms with Crippen LogP contribution in [0.25, 0.3) is 21.9 Å².